The third-order valence-electron chi connectivity index (χ3n) is 3.84. The molecule has 0 aromatic carbocycles. The molecule has 1 saturated carbocycles. The van der Waals surface area contributed by atoms with Gasteiger partial charge in [0.1, 0.15) is 0 Å². The fourth-order valence-corrected chi connectivity index (χ4v) is 2.63. The van der Waals surface area contributed by atoms with E-state index in [9.17, 15) is 14.4 Å². The topological polar surface area (TPSA) is 95.5 Å². The van der Waals surface area contributed by atoms with E-state index in [4.69, 9.17) is 5.11 Å². The van der Waals surface area contributed by atoms with E-state index in [2.05, 4.69) is 10.6 Å². The lowest BCUT2D eigenvalue weighted by molar-refractivity contribution is -0.137. The second-order valence-corrected chi connectivity index (χ2v) is 6.46. The van der Waals surface area contributed by atoms with Crippen molar-refractivity contribution in [2.24, 2.45) is 5.92 Å². The van der Waals surface area contributed by atoms with Gasteiger partial charge in [0.25, 0.3) is 0 Å². The summed E-state index contributed by atoms with van der Waals surface area (Å²) >= 11 is 0. The van der Waals surface area contributed by atoms with Crippen molar-refractivity contribution in [2.75, 3.05) is 6.54 Å². The van der Waals surface area contributed by atoms with Crippen LogP contribution in [0.5, 0.6) is 0 Å². The molecule has 120 valence electrons. The van der Waals surface area contributed by atoms with E-state index in [1.54, 1.807) is 13.8 Å². The minimum absolute atomic E-state index is 0.00131. The molecule has 0 aliphatic heterocycles. The first-order valence-electron chi connectivity index (χ1n) is 7.58. The summed E-state index contributed by atoms with van der Waals surface area (Å²) in [6.45, 7) is 3.49. The molecule has 2 amide bonds. The van der Waals surface area contributed by atoms with Crippen LogP contribution in [0.3, 0.4) is 0 Å². The Balaban J connectivity index is 2.22. The summed E-state index contributed by atoms with van der Waals surface area (Å²) in [4.78, 5) is 34.0. The molecular formula is C15H26N2O4. The van der Waals surface area contributed by atoms with Crippen LogP contribution in [0.4, 0.5) is 0 Å². The van der Waals surface area contributed by atoms with Crippen LogP contribution in [0.15, 0.2) is 0 Å². The molecule has 0 heterocycles. The number of aliphatic carboxylic acids is 1. The van der Waals surface area contributed by atoms with E-state index >= 15 is 0 Å². The van der Waals surface area contributed by atoms with Crippen molar-refractivity contribution in [2.45, 2.75) is 64.3 Å². The molecule has 0 radical (unpaired) electrons. The Bertz CT molecular complexity index is 387. The summed E-state index contributed by atoms with van der Waals surface area (Å²) in [6, 6.07) is 0. The lowest BCUT2D eigenvalue weighted by Gasteiger charge is -2.25. The molecule has 1 fully saturated rings. The summed E-state index contributed by atoms with van der Waals surface area (Å²) in [5.74, 6) is -0.798. The Kier molecular flexibility index (Phi) is 6.65. The molecule has 0 aromatic heterocycles. The molecule has 21 heavy (non-hydrogen) atoms. The monoisotopic (exact) mass is 298 g/mol. The van der Waals surface area contributed by atoms with Gasteiger partial charge < -0.3 is 15.7 Å². The molecule has 6 heteroatoms. The highest BCUT2D eigenvalue weighted by atomic mass is 16.4. The van der Waals surface area contributed by atoms with E-state index in [0.29, 0.717) is 18.8 Å². The number of hydrogen-bond acceptors (Lipinski definition) is 3. The van der Waals surface area contributed by atoms with Crippen molar-refractivity contribution in [1.82, 2.24) is 10.6 Å². The average Bonchev–Trinajstić information content (AvgIpc) is 2.86. The number of carbonyl (C=O) groups is 3. The van der Waals surface area contributed by atoms with Crippen molar-refractivity contribution in [3.8, 4) is 0 Å². The molecule has 1 rings (SSSR count). The van der Waals surface area contributed by atoms with Crippen LogP contribution in [0.2, 0.25) is 0 Å². The number of carboxylic acid groups (broad SMARTS) is 1. The molecule has 1 aliphatic rings. The Morgan fingerprint density at radius 3 is 2.33 bits per heavy atom. The fourth-order valence-electron chi connectivity index (χ4n) is 2.63. The van der Waals surface area contributed by atoms with E-state index in [1.165, 1.54) is 12.8 Å². The third kappa shape index (κ3) is 7.68. The summed E-state index contributed by atoms with van der Waals surface area (Å²) < 4.78 is 0. The van der Waals surface area contributed by atoms with E-state index < -0.39 is 11.5 Å². The van der Waals surface area contributed by atoms with Crippen LogP contribution in [0.1, 0.15) is 58.8 Å². The standard InChI is InChI=1S/C15H26N2O4/c1-15(2,8-7-14(20)21)17-13(19)10-16-12(18)9-11-5-3-4-6-11/h11H,3-10H2,1-2H3,(H,16,18)(H,17,19)(H,20,21). The van der Waals surface area contributed by atoms with Gasteiger partial charge in [-0.05, 0) is 39.0 Å². The summed E-state index contributed by atoms with van der Waals surface area (Å²) in [6.07, 6.45) is 5.43. The molecule has 0 atom stereocenters. The molecule has 0 spiro atoms. The molecule has 0 unspecified atom stereocenters. The third-order valence-corrected chi connectivity index (χ3v) is 3.84. The lowest BCUT2D eigenvalue weighted by Crippen LogP contribution is -2.48. The molecule has 1 aliphatic carbocycles. The summed E-state index contributed by atoms with van der Waals surface area (Å²) in [5.41, 5.74) is -0.592. The first-order chi connectivity index (χ1) is 9.78. The van der Waals surface area contributed by atoms with E-state index in [1.807, 2.05) is 0 Å². The molecule has 3 N–H and O–H groups in total. The first kappa shape index (κ1) is 17.5. The average molecular weight is 298 g/mol. The van der Waals surface area contributed by atoms with Gasteiger partial charge in [-0.1, -0.05) is 12.8 Å². The van der Waals surface area contributed by atoms with Crippen molar-refractivity contribution in [3.63, 3.8) is 0 Å². The predicted octanol–water partition coefficient (Wildman–Crippen LogP) is 1.44. The maximum Gasteiger partial charge on any atom is 0.303 e. The van der Waals surface area contributed by atoms with Crippen LogP contribution in [-0.2, 0) is 14.4 Å². The number of amides is 2. The minimum atomic E-state index is -0.887. The van der Waals surface area contributed by atoms with Gasteiger partial charge >= 0.3 is 5.97 Å². The molecular weight excluding hydrogens is 272 g/mol. The van der Waals surface area contributed by atoms with Gasteiger partial charge in [0.05, 0.1) is 6.54 Å². The second kappa shape index (κ2) is 8.00. The Morgan fingerprint density at radius 2 is 1.76 bits per heavy atom. The number of carbonyl (C=O) groups excluding carboxylic acids is 2. The highest BCUT2D eigenvalue weighted by Gasteiger charge is 2.22. The smallest absolute Gasteiger partial charge is 0.303 e. The van der Waals surface area contributed by atoms with Gasteiger partial charge in [-0.25, -0.2) is 0 Å². The highest BCUT2D eigenvalue weighted by molar-refractivity contribution is 5.85. The van der Waals surface area contributed by atoms with Gasteiger partial charge in [0.15, 0.2) is 0 Å². The minimum Gasteiger partial charge on any atom is -0.481 e. The molecule has 0 aromatic rings. The zero-order valence-corrected chi connectivity index (χ0v) is 12.9. The zero-order valence-electron chi connectivity index (χ0n) is 12.9. The highest BCUT2D eigenvalue weighted by Crippen LogP contribution is 2.27. The SMILES string of the molecule is CC(C)(CCC(=O)O)NC(=O)CNC(=O)CC1CCCC1. The largest absolute Gasteiger partial charge is 0.481 e. The van der Waals surface area contributed by atoms with E-state index in [0.717, 1.165) is 12.8 Å². The van der Waals surface area contributed by atoms with E-state index in [-0.39, 0.29) is 24.8 Å². The number of hydrogen-bond donors (Lipinski definition) is 3. The molecule has 6 nitrogen and oxygen atoms in total. The van der Waals surface area contributed by atoms with Crippen molar-refractivity contribution >= 4 is 17.8 Å². The number of nitrogens with one attached hydrogen (secondary N) is 2. The Morgan fingerprint density at radius 1 is 1.14 bits per heavy atom. The van der Waals surface area contributed by atoms with Gasteiger partial charge in [0, 0.05) is 18.4 Å². The van der Waals surface area contributed by atoms with Gasteiger partial charge in [-0.3, -0.25) is 14.4 Å². The quantitative estimate of drug-likeness (QED) is 0.632. The zero-order chi connectivity index (χ0) is 15.9. The van der Waals surface area contributed by atoms with Crippen LogP contribution in [-0.4, -0.2) is 35.0 Å². The Hall–Kier alpha value is -1.59. The normalized spacial score (nSPS) is 15.7. The molecule has 0 bridgehead atoms. The lowest BCUT2D eigenvalue weighted by atomic mass is 9.98. The fraction of sp³-hybridized carbons (Fsp3) is 0.800. The summed E-state index contributed by atoms with van der Waals surface area (Å²) in [7, 11) is 0. The van der Waals surface area contributed by atoms with Gasteiger partial charge in [-0.15, -0.1) is 0 Å². The van der Waals surface area contributed by atoms with Crippen LogP contribution >= 0.6 is 0 Å². The maximum atomic E-state index is 11.8. The van der Waals surface area contributed by atoms with Crippen molar-refractivity contribution in [3.05, 3.63) is 0 Å². The van der Waals surface area contributed by atoms with Gasteiger partial charge in [-0.2, -0.15) is 0 Å². The van der Waals surface area contributed by atoms with Crippen molar-refractivity contribution < 1.29 is 19.5 Å². The maximum absolute atomic E-state index is 11.8. The van der Waals surface area contributed by atoms with Crippen LogP contribution in [0, 0.1) is 5.92 Å². The number of carboxylic acids is 1. The first-order valence-corrected chi connectivity index (χ1v) is 7.58. The van der Waals surface area contributed by atoms with Crippen LogP contribution < -0.4 is 10.6 Å². The van der Waals surface area contributed by atoms with Crippen LogP contribution in [0.25, 0.3) is 0 Å². The Labute approximate surface area is 125 Å². The second-order valence-electron chi connectivity index (χ2n) is 6.46. The van der Waals surface area contributed by atoms with Crippen molar-refractivity contribution in [1.29, 1.82) is 0 Å². The summed E-state index contributed by atoms with van der Waals surface area (Å²) in [5, 5.41) is 14.0. The predicted molar refractivity (Wildman–Crippen MR) is 78.7 cm³/mol. The molecule has 0 saturated heterocycles. The van der Waals surface area contributed by atoms with Gasteiger partial charge in [0.2, 0.25) is 11.8 Å². The number of rotatable bonds is 8.